The van der Waals surface area contributed by atoms with Crippen molar-refractivity contribution in [2.45, 2.75) is 20.3 Å². The molecule has 0 fully saturated rings. The zero-order chi connectivity index (χ0) is 13.6. The maximum Gasteiger partial charge on any atom is 0.347 e. The average molecular weight is 255 g/mol. The number of Topliss-reactive ketones (excluding diaryl/α,β-unsaturated/α-hetero) is 1. The molecule has 0 amide bonds. The largest absolute Gasteiger partial charge is 0.420 e. The fourth-order valence-electron chi connectivity index (χ4n) is 2.46. The Balaban J connectivity index is 2.56. The third-order valence-corrected chi connectivity index (χ3v) is 3.35. The molecule has 4 nitrogen and oxygen atoms in total. The summed E-state index contributed by atoms with van der Waals surface area (Å²) in [5.41, 5.74) is 2.00. The van der Waals surface area contributed by atoms with Gasteiger partial charge >= 0.3 is 5.63 Å². The highest BCUT2D eigenvalue weighted by atomic mass is 16.4. The molecule has 0 aromatic carbocycles. The Labute approximate surface area is 109 Å². The molecule has 0 atom stereocenters. The van der Waals surface area contributed by atoms with E-state index in [0.717, 1.165) is 23.0 Å². The third kappa shape index (κ3) is 1.60. The van der Waals surface area contributed by atoms with E-state index >= 15 is 0 Å². The Morgan fingerprint density at radius 2 is 2.16 bits per heavy atom. The molecule has 96 valence electrons. The van der Waals surface area contributed by atoms with Crippen molar-refractivity contribution in [1.29, 1.82) is 0 Å². The van der Waals surface area contributed by atoms with Gasteiger partial charge in [-0.05, 0) is 31.5 Å². The monoisotopic (exact) mass is 255 g/mol. The highest BCUT2D eigenvalue weighted by Gasteiger charge is 2.16. The summed E-state index contributed by atoms with van der Waals surface area (Å²) in [6.07, 6.45) is 2.68. The van der Waals surface area contributed by atoms with Crippen LogP contribution in [0.25, 0.3) is 16.5 Å². The molecule has 0 aliphatic rings. The van der Waals surface area contributed by atoms with E-state index in [-0.39, 0.29) is 11.3 Å². The summed E-state index contributed by atoms with van der Waals surface area (Å²) in [5, 5.41) is 0.808. The lowest BCUT2D eigenvalue weighted by Crippen LogP contribution is -2.10. The van der Waals surface area contributed by atoms with Gasteiger partial charge in [-0.25, -0.2) is 4.79 Å². The van der Waals surface area contributed by atoms with Crippen LogP contribution in [0.15, 0.2) is 39.7 Å². The molecule has 3 rings (SSSR count). The Morgan fingerprint density at radius 3 is 2.84 bits per heavy atom. The van der Waals surface area contributed by atoms with Crippen molar-refractivity contribution in [3.05, 3.63) is 52.1 Å². The van der Waals surface area contributed by atoms with Crippen LogP contribution in [0.4, 0.5) is 0 Å². The van der Waals surface area contributed by atoms with E-state index in [0.29, 0.717) is 5.58 Å². The zero-order valence-electron chi connectivity index (χ0n) is 10.8. The SMILES string of the molecule is CCc1c2oc(=O)c(C(C)=O)cc2c2ccccn12. The van der Waals surface area contributed by atoms with Gasteiger partial charge < -0.3 is 8.82 Å². The lowest BCUT2D eigenvalue weighted by atomic mass is 10.1. The van der Waals surface area contributed by atoms with Gasteiger partial charge in [0.2, 0.25) is 0 Å². The molecule has 0 bridgehead atoms. The number of carbonyl (C=O) groups is 1. The summed E-state index contributed by atoms with van der Waals surface area (Å²) in [4.78, 5) is 23.3. The molecule has 0 N–H and O–H groups in total. The minimum atomic E-state index is -0.564. The summed E-state index contributed by atoms with van der Waals surface area (Å²) in [6, 6.07) is 7.44. The highest BCUT2D eigenvalue weighted by Crippen LogP contribution is 2.26. The van der Waals surface area contributed by atoms with Gasteiger partial charge in [0.15, 0.2) is 11.4 Å². The molecule has 3 aromatic heterocycles. The second kappa shape index (κ2) is 4.09. The summed E-state index contributed by atoms with van der Waals surface area (Å²) in [7, 11) is 0. The van der Waals surface area contributed by atoms with Crippen molar-refractivity contribution >= 4 is 22.3 Å². The molecule has 0 saturated heterocycles. The number of fused-ring (bicyclic) bond motifs is 3. The van der Waals surface area contributed by atoms with Gasteiger partial charge in [-0.15, -0.1) is 0 Å². The van der Waals surface area contributed by atoms with Gasteiger partial charge in [0, 0.05) is 11.6 Å². The second-order valence-corrected chi connectivity index (χ2v) is 4.50. The van der Waals surface area contributed by atoms with Gasteiger partial charge in [0.1, 0.15) is 5.56 Å². The summed E-state index contributed by atoms with van der Waals surface area (Å²) in [5.74, 6) is -0.274. The molecule has 0 spiro atoms. The Morgan fingerprint density at radius 1 is 1.37 bits per heavy atom. The summed E-state index contributed by atoms with van der Waals surface area (Å²) >= 11 is 0. The highest BCUT2D eigenvalue weighted by molar-refractivity contribution is 6.02. The van der Waals surface area contributed by atoms with Crippen molar-refractivity contribution in [3.8, 4) is 0 Å². The summed E-state index contributed by atoms with van der Waals surface area (Å²) in [6.45, 7) is 3.38. The first-order valence-electron chi connectivity index (χ1n) is 6.20. The fourth-order valence-corrected chi connectivity index (χ4v) is 2.46. The first-order valence-corrected chi connectivity index (χ1v) is 6.20. The molecule has 0 unspecified atom stereocenters. The van der Waals surface area contributed by atoms with Gasteiger partial charge in [0.25, 0.3) is 0 Å². The molecular weight excluding hydrogens is 242 g/mol. The standard InChI is InChI=1S/C15H13NO3/c1-3-12-14-11(13-6-4-5-7-16(12)13)8-10(9(2)17)15(18)19-14/h4-8H,3H2,1-2H3. The number of aryl methyl sites for hydroxylation is 1. The Kier molecular flexibility index (Phi) is 2.52. The van der Waals surface area contributed by atoms with Crippen molar-refractivity contribution in [2.24, 2.45) is 0 Å². The maximum absolute atomic E-state index is 11.8. The topological polar surface area (TPSA) is 51.7 Å². The molecular formula is C15H13NO3. The Bertz CT molecular complexity index is 855. The molecule has 19 heavy (non-hydrogen) atoms. The normalized spacial score (nSPS) is 11.3. The van der Waals surface area contributed by atoms with Crippen molar-refractivity contribution in [3.63, 3.8) is 0 Å². The number of nitrogens with zero attached hydrogens (tertiary/aromatic N) is 1. The molecule has 0 radical (unpaired) electrons. The lowest BCUT2D eigenvalue weighted by molar-refractivity contribution is 0.101. The van der Waals surface area contributed by atoms with Gasteiger partial charge in [-0.1, -0.05) is 13.0 Å². The van der Waals surface area contributed by atoms with Gasteiger partial charge in [-0.3, -0.25) is 4.79 Å². The van der Waals surface area contributed by atoms with Crippen LogP contribution in [0.1, 0.15) is 29.9 Å². The average Bonchev–Trinajstić information content (AvgIpc) is 2.70. The Hall–Kier alpha value is -2.36. The van der Waals surface area contributed by atoms with E-state index < -0.39 is 5.63 Å². The zero-order valence-corrected chi connectivity index (χ0v) is 10.8. The predicted molar refractivity (Wildman–Crippen MR) is 72.8 cm³/mol. The first kappa shape index (κ1) is 11.7. The molecule has 3 aromatic rings. The van der Waals surface area contributed by atoms with E-state index in [1.807, 2.05) is 35.7 Å². The number of aromatic nitrogens is 1. The summed E-state index contributed by atoms with van der Waals surface area (Å²) < 4.78 is 7.36. The van der Waals surface area contributed by atoms with Crippen molar-refractivity contribution in [2.75, 3.05) is 0 Å². The van der Waals surface area contributed by atoms with Crippen LogP contribution >= 0.6 is 0 Å². The molecule has 0 aliphatic carbocycles. The maximum atomic E-state index is 11.8. The molecule has 3 heterocycles. The molecule has 4 heteroatoms. The molecule has 0 aliphatic heterocycles. The minimum absolute atomic E-state index is 0.103. The van der Waals surface area contributed by atoms with E-state index in [1.165, 1.54) is 6.92 Å². The first-order chi connectivity index (χ1) is 9.13. The fraction of sp³-hybridized carbons (Fsp3) is 0.200. The van der Waals surface area contributed by atoms with Crippen molar-refractivity contribution in [1.82, 2.24) is 4.40 Å². The number of hydrogen-bond acceptors (Lipinski definition) is 3. The van der Waals surface area contributed by atoms with Crippen LogP contribution in [0, 0.1) is 0 Å². The quantitative estimate of drug-likeness (QED) is 0.661. The number of ketones is 1. The van der Waals surface area contributed by atoms with Crippen LogP contribution in [-0.4, -0.2) is 10.2 Å². The van der Waals surface area contributed by atoms with Crippen LogP contribution in [0.5, 0.6) is 0 Å². The van der Waals surface area contributed by atoms with E-state index in [9.17, 15) is 9.59 Å². The van der Waals surface area contributed by atoms with E-state index in [4.69, 9.17) is 4.42 Å². The van der Waals surface area contributed by atoms with Crippen LogP contribution in [-0.2, 0) is 6.42 Å². The van der Waals surface area contributed by atoms with E-state index in [1.54, 1.807) is 6.07 Å². The number of carbonyl (C=O) groups excluding carboxylic acids is 1. The van der Waals surface area contributed by atoms with Crippen LogP contribution in [0.2, 0.25) is 0 Å². The molecule has 0 saturated carbocycles. The third-order valence-electron chi connectivity index (χ3n) is 3.35. The van der Waals surface area contributed by atoms with Gasteiger partial charge in [0.05, 0.1) is 11.2 Å². The smallest absolute Gasteiger partial charge is 0.347 e. The number of hydrogen-bond donors (Lipinski definition) is 0. The van der Waals surface area contributed by atoms with Crippen molar-refractivity contribution < 1.29 is 9.21 Å². The lowest BCUT2D eigenvalue weighted by Gasteiger charge is -1.97. The van der Waals surface area contributed by atoms with Gasteiger partial charge in [-0.2, -0.15) is 0 Å². The number of rotatable bonds is 2. The second-order valence-electron chi connectivity index (χ2n) is 4.50. The number of pyridine rings is 1. The van der Waals surface area contributed by atoms with Crippen LogP contribution in [0.3, 0.4) is 0 Å². The minimum Gasteiger partial charge on any atom is -0.420 e. The predicted octanol–water partition coefficient (Wildman–Crippen LogP) is 2.81. The van der Waals surface area contributed by atoms with E-state index in [2.05, 4.69) is 0 Å². The van der Waals surface area contributed by atoms with Crippen LogP contribution < -0.4 is 5.63 Å².